The van der Waals surface area contributed by atoms with Gasteiger partial charge in [0.25, 0.3) is 11.8 Å². The number of benzene rings is 2. The summed E-state index contributed by atoms with van der Waals surface area (Å²) in [5.41, 5.74) is 3.68. The highest BCUT2D eigenvalue weighted by atomic mass is 16.2. The van der Waals surface area contributed by atoms with E-state index in [9.17, 15) is 9.59 Å². The van der Waals surface area contributed by atoms with Gasteiger partial charge in [-0.25, -0.2) is 9.97 Å². The first-order valence-electron chi connectivity index (χ1n) is 9.51. The molecule has 6 heteroatoms. The molecule has 29 heavy (non-hydrogen) atoms. The van der Waals surface area contributed by atoms with Crippen LogP contribution < -0.4 is 0 Å². The SMILES string of the molecule is O=C1c2ccccc2C(=O)N1CCc1nc2cccnc2n1Cc1ccccc1. The molecule has 2 amide bonds. The van der Waals surface area contributed by atoms with E-state index in [-0.39, 0.29) is 18.4 Å². The van der Waals surface area contributed by atoms with Crippen molar-refractivity contribution in [3.63, 3.8) is 0 Å². The van der Waals surface area contributed by atoms with E-state index in [1.807, 2.05) is 30.3 Å². The minimum atomic E-state index is -0.241. The Bertz CT molecular complexity index is 1200. The first-order valence-corrected chi connectivity index (χ1v) is 9.51. The second kappa shape index (κ2) is 6.98. The zero-order valence-electron chi connectivity index (χ0n) is 15.7. The lowest BCUT2D eigenvalue weighted by Gasteiger charge is -2.14. The minimum Gasteiger partial charge on any atom is -0.308 e. The molecule has 0 atom stereocenters. The topological polar surface area (TPSA) is 68.1 Å². The third-order valence-corrected chi connectivity index (χ3v) is 5.20. The summed E-state index contributed by atoms with van der Waals surface area (Å²) < 4.78 is 2.06. The molecule has 1 aliphatic heterocycles. The van der Waals surface area contributed by atoms with Gasteiger partial charge in [0.1, 0.15) is 11.3 Å². The van der Waals surface area contributed by atoms with Crippen molar-refractivity contribution in [3.05, 3.63) is 95.4 Å². The fraction of sp³-hybridized carbons (Fsp3) is 0.130. The van der Waals surface area contributed by atoms with Crippen LogP contribution in [0.1, 0.15) is 32.1 Å². The van der Waals surface area contributed by atoms with E-state index in [1.165, 1.54) is 4.90 Å². The second-order valence-electron chi connectivity index (χ2n) is 7.00. The summed E-state index contributed by atoms with van der Waals surface area (Å²) in [6.45, 7) is 0.913. The number of nitrogens with zero attached hydrogens (tertiary/aromatic N) is 4. The van der Waals surface area contributed by atoms with E-state index in [0.717, 1.165) is 22.6 Å². The lowest BCUT2D eigenvalue weighted by Crippen LogP contribution is -2.32. The van der Waals surface area contributed by atoms with E-state index in [0.29, 0.717) is 24.1 Å². The molecular formula is C23H18N4O2. The Balaban J connectivity index is 1.45. The van der Waals surface area contributed by atoms with Gasteiger partial charge in [-0.05, 0) is 29.8 Å². The average Bonchev–Trinajstić information content (AvgIpc) is 3.23. The van der Waals surface area contributed by atoms with Gasteiger partial charge in [0.15, 0.2) is 5.65 Å². The molecular weight excluding hydrogens is 364 g/mol. The van der Waals surface area contributed by atoms with Gasteiger partial charge in [-0.3, -0.25) is 14.5 Å². The number of pyridine rings is 1. The molecule has 1 aliphatic rings. The van der Waals surface area contributed by atoms with Crippen LogP contribution in [0.2, 0.25) is 0 Å². The summed E-state index contributed by atoms with van der Waals surface area (Å²) in [4.78, 5) is 35.8. The van der Waals surface area contributed by atoms with Gasteiger partial charge < -0.3 is 4.57 Å². The molecule has 0 spiro atoms. The van der Waals surface area contributed by atoms with Gasteiger partial charge in [0.2, 0.25) is 0 Å². The number of amides is 2. The van der Waals surface area contributed by atoms with Gasteiger partial charge in [-0.2, -0.15) is 0 Å². The van der Waals surface area contributed by atoms with Gasteiger partial charge in [0, 0.05) is 19.2 Å². The lowest BCUT2D eigenvalue weighted by molar-refractivity contribution is 0.0655. The Kier molecular flexibility index (Phi) is 4.17. The van der Waals surface area contributed by atoms with E-state index >= 15 is 0 Å². The Morgan fingerprint density at radius 1 is 0.793 bits per heavy atom. The van der Waals surface area contributed by atoms with E-state index in [2.05, 4.69) is 21.7 Å². The lowest BCUT2D eigenvalue weighted by atomic mass is 10.1. The maximum absolute atomic E-state index is 12.6. The molecule has 0 radical (unpaired) electrons. The van der Waals surface area contributed by atoms with Gasteiger partial charge >= 0.3 is 0 Å². The Morgan fingerprint density at radius 3 is 2.21 bits per heavy atom. The van der Waals surface area contributed by atoms with Crippen molar-refractivity contribution >= 4 is 23.0 Å². The van der Waals surface area contributed by atoms with E-state index in [4.69, 9.17) is 4.98 Å². The third-order valence-electron chi connectivity index (χ3n) is 5.20. The second-order valence-corrected chi connectivity index (χ2v) is 7.00. The molecule has 0 unspecified atom stereocenters. The molecule has 142 valence electrons. The van der Waals surface area contributed by atoms with Gasteiger partial charge in [-0.15, -0.1) is 0 Å². The fourth-order valence-electron chi connectivity index (χ4n) is 3.78. The minimum absolute atomic E-state index is 0.241. The average molecular weight is 382 g/mol. The van der Waals surface area contributed by atoms with Crippen molar-refractivity contribution in [1.82, 2.24) is 19.4 Å². The summed E-state index contributed by atoms with van der Waals surface area (Å²) in [7, 11) is 0. The van der Waals surface area contributed by atoms with Crippen LogP contribution in [0.4, 0.5) is 0 Å². The van der Waals surface area contributed by atoms with Crippen molar-refractivity contribution in [3.8, 4) is 0 Å². The van der Waals surface area contributed by atoms with Crippen molar-refractivity contribution < 1.29 is 9.59 Å². The predicted molar refractivity (Wildman–Crippen MR) is 109 cm³/mol. The number of hydrogen-bond donors (Lipinski definition) is 0. The summed E-state index contributed by atoms with van der Waals surface area (Å²) >= 11 is 0. The summed E-state index contributed by atoms with van der Waals surface area (Å²) in [5.74, 6) is 0.322. The van der Waals surface area contributed by atoms with Crippen LogP contribution in [0.3, 0.4) is 0 Å². The third kappa shape index (κ3) is 2.99. The molecule has 5 rings (SSSR count). The molecule has 0 aliphatic carbocycles. The van der Waals surface area contributed by atoms with Crippen LogP contribution in [0, 0.1) is 0 Å². The van der Waals surface area contributed by atoms with Gasteiger partial charge in [-0.1, -0.05) is 42.5 Å². The zero-order valence-corrected chi connectivity index (χ0v) is 15.7. The first-order chi connectivity index (χ1) is 14.2. The number of imidazole rings is 1. The van der Waals surface area contributed by atoms with Gasteiger partial charge in [0.05, 0.1) is 17.7 Å². The molecule has 0 N–H and O–H groups in total. The van der Waals surface area contributed by atoms with Crippen LogP contribution in [0.15, 0.2) is 72.9 Å². The number of hydrogen-bond acceptors (Lipinski definition) is 4. The quantitative estimate of drug-likeness (QED) is 0.497. The Labute approximate surface area is 167 Å². The van der Waals surface area contributed by atoms with Crippen LogP contribution >= 0.6 is 0 Å². The molecule has 0 saturated carbocycles. The molecule has 2 aromatic heterocycles. The molecule has 2 aromatic carbocycles. The smallest absolute Gasteiger partial charge is 0.261 e. The van der Waals surface area contributed by atoms with Crippen LogP contribution in [-0.4, -0.2) is 37.8 Å². The molecule has 0 saturated heterocycles. The van der Waals surface area contributed by atoms with Crippen molar-refractivity contribution in [2.75, 3.05) is 6.54 Å². The number of imide groups is 1. The zero-order chi connectivity index (χ0) is 19.8. The number of fused-ring (bicyclic) bond motifs is 2. The van der Waals surface area contributed by atoms with Crippen LogP contribution in [0.25, 0.3) is 11.2 Å². The van der Waals surface area contributed by atoms with Crippen LogP contribution in [-0.2, 0) is 13.0 Å². The predicted octanol–water partition coefficient (Wildman–Crippen LogP) is 3.32. The van der Waals surface area contributed by atoms with E-state index in [1.54, 1.807) is 30.5 Å². The molecule has 6 nitrogen and oxygen atoms in total. The normalized spacial score (nSPS) is 13.3. The number of carbonyl (C=O) groups excluding carboxylic acids is 2. The monoisotopic (exact) mass is 382 g/mol. The molecule has 3 heterocycles. The molecule has 4 aromatic rings. The van der Waals surface area contributed by atoms with E-state index < -0.39 is 0 Å². The number of rotatable bonds is 5. The highest BCUT2D eigenvalue weighted by molar-refractivity contribution is 6.21. The van der Waals surface area contributed by atoms with Crippen molar-refractivity contribution in [2.24, 2.45) is 0 Å². The summed E-state index contributed by atoms with van der Waals surface area (Å²) in [6, 6.07) is 20.8. The summed E-state index contributed by atoms with van der Waals surface area (Å²) in [5, 5.41) is 0. The van der Waals surface area contributed by atoms with Crippen LogP contribution in [0.5, 0.6) is 0 Å². The fourth-order valence-corrected chi connectivity index (χ4v) is 3.78. The largest absolute Gasteiger partial charge is 0.308 e. The summed E-state index contributed by atoms with van der Waals surface area (Å²) in [6.07, 6.45) is 2.22. The Hall–Kier alpha value is -3.80. The maximum Gasteiger partial charge on any atom is 0.261 e. The highest BCUT2D eigenvalue weighted by Gasteiger charge is 2.34. The number of carbonyl (C=O) groups is 2. The number of aromatic nitrogens is 3. The highest BCUT2D eigenvalue weighted by Crippen LogP contribution is 2.23. The van der Waals surface area contributed by atoms with Crippen molar-refractivity contribution in [2.45, 2.75) is 13.0 Å². The maximum atomic E-state index is 12.6. The first kappa shape index (κ1) is 17.3. The standard InChI is InChI=1S/C23H18N4O2/c28-22-17-9-4-5-10-18(17)23(29)26(22)14-12-20-25-19-11-6-13-24-21(19)27(20)15-16-7-2-1-3-8-16/h1-11,13H,12,14-15H2. The van der Waals surface area contributed by atoms with Crippen molar-refractivity contribution in [1.29, 1.82) is 0 Å². The molecule has 0 fully saturated rings. The Morgan fingerprint density at radius 2 is 1.48 bits per heavy atom. The molecule has 0 bridgehead atoms.